The Morgan fingerprint density at radius 1 is 1.19 bits per heavy atom. The molecule has 2 atom stereocenters. The summed E-state index contributed by atoms with van der Waals surface area (Å²) in [6.45, 7) is 0.579. The van der Waals surface area contributed by atoms with Gasteiger partial charge in [-0.1, -0.05) is 6.42 Å². The van der Waals surface area contributed by atoms with Crippen molar-refractivity contribution in [2.75, 3.05) is 43.6 Å². The minimum absolute atomic E-state index is 0.0591. The fourth-order valence-electron chi connectivity index (χ4n) is 3.49. The first kappa shape index (κ1) is 29.9. The van der Waals surface area contributed by atoms with Crippen LogP contribution in [0, 0.1) is 5.92 Å². The highest BCUT2D eigenvalue weighted by atomic mass is 35.5. The van der Waals surface area contributed by atoms with Crippen LogP contribution in [0.1, 0.15) is 49.0 Å². The number of hydrogen-bond acceptors (Lipinski definition) is 11. The molecule has 0 bridgehead atoms. The quantitative estimate of drug-likeness (QED) is 0.0900. The highest BCUT2D eigenvalue weighted by Crippen LogP contribution is 2.26. The van der Waals surface area contributed by atoms with E-state index in [1.807, 2.05) is 4.90 Å². The van der Waals surface area contributed by atoms with Crippen molar-refractivity contribution in [1.82, 2.24) is 15.6 Å². The Kier molecular flexibility index (Phi) is 13.1. The third-order valence-electron chi connectivity index (χ3n) is 5.72. The molecule has 0 aromatic carbocycles. The number of piperidine rings is 1. The van der Waals surface area contributed by atoms with Crippen LogP contribution in [0.4, 0.5) is 5.13 Å². The molecule has 36 heavy (non-hydrogen) atoms. The summed E-state index contributed by atoms with van der Waals surface area (Å²) in [4.78, 5) is 54.4. The molecular formula is C22H34ClN5O7S. The highest BCUT2D eigenvalue weighted by Gasteiger charge is 2.28. The normalized spacial score (nSPS) is 15.7. The van der Waals surface area contributed by atoms with Crippen LogP contribution < -0.4 is 21.3 Å². The second kappa shape index (κ2) is 15.7. The van der Waals surface area contributed by atoms with Gasteiger partial charge in [0.2, 0.25) is 11.8 Å². The van der Waals surface area contributed by atoms with Crippen molar-refractivity contribution in [2.45, 2.75) is 50.6 Å². The average Bonchev–Trinajstić information content (AvgIpc) is 3.38. The van der Waals surface area contributed by atoms with Crippen LogP contribution in [0.2, 0.25) is 0 Å². The smallest absolute Gasteiger partial charge is 0.365 e. The number of aliphatic hydroxyl groups excluding tert-OH is 2. The van der Waals surface area contributed by atoms with E-state index < -0.39 is 43.1 Å². The molecule has 1 aliphatic rings. The molecule has 202 valence electrons. The third-order valence-corrected chi connectivity index (χ3v) is 6.89. The number of rotatable bonds is 14. The third kappa shape index (κ3) is 9.62. The summed E-state index contributed by atoms with van der Waals surface area (Å²) in [6.07, 6.45) is 4.94. The van der Waals surface area contributed by atoms with Crippen molar-refractivity contribution >= 4 is 51.8 Å². The Morgan fingerprint density at radius 3 is 2.56 bits per heavy atom. The molecule has 1 aromatic rings. The molecule has 2 rings (SSSR count). The molecule has 1 saturated heterocycles. The topological polar surface area (TPSA) is 184 Å². The van der Waals surface area contributed by atoms with E-state index >= 15 is 0 Å². The SMILES string of the molecule is N[C@@H](CO)C(=O)N[C@@H](CO)C(=O)OC(=O)c1csc(N2CCC(CNC(=O)CCCCCCl)CC2)n1. The predicted octanol–water partition coefficient (Wildman–Crippen LogP) is -0.245. The van der Waals surface area contributed by atoms with Gasteiger partial charge in [0.15, 0.2) is 16.9 Å². The number of alkyl halides is 1. The molecular weight excluding hydrogens is 514 g/mol. The molecule has 14 heteroatoms. The van der Waals surface area contributed by atoms with Gasteiger partial charge in [0, 0.05) is 37.3 Å². The van der Waals surface area contributed by atoms with Crippen LogP contribution in [0.3, 0.4) is 0 Å². The van der Waals surface area contributed by atoms with E-state index in [2.05, 4.69) is 15.6 Å². The van der Waals surface area contributed by atoms with Crippen LogP contribution >= 0.6 is 22.9 Å². The lowest BCUT2D eigenvalue weighted by Crippen LogP contribution is -2.51. The van der Waals surface area contributed by atoms with Gasteiger partial charge in [-0.15, -0.1) is 22.9 Å². The monoisotopic (exact) mass is 547 g/mol. The van der Waals surface area contributed by atoms with Crippen molar-refractivity contribution in [3.8, 4) is 0 Å². The zero-order valence-electron chi connectivity index (χ0n) is 20.0. The predicted molar refractivity (Wildman–Crippen MR) is 134 cm³/mol. The standard InChI is InChI=1S/C22H34ClN5O7S/c23-7-3-1-2-4-18(31)25-10-14-5-8-28(9-6-14)22-27-17(13-36-22)21(34)35-20(33)16(12-30)26-19(32)15(24)11-29/h13-16,29-30H,1-12,24H2,(H,25,31)(H,26,32)/t15-,16-/m0/s1. The minimum Gasteiger partial charge on any atom is -0.394 e. The van der Waals surface area contributed by atoms with Crippen LogP contribution in [-0.2, 0) is 19.1 Å². The number of anilines is 1. The summed E-state index contributed by atoms with van der Waals surface area (Å²) in [6, 6.07) is -2.79. The zero-order chi connectivity index (χ0) is 26.5. The van der Waals surface area contributed by atoms with Crippen molar-refractivity contribution in [1.29, 1.82) is 0 Å². The van der Waals surface area contributed by atoms with Crippen LogP contribution in [0.15, 0.2) is 5.38 Å². The van der Waals surface area contributed by atoms with Crippen LogP contribution in [-0.4, -0.2) is 89.8 Å². The summed E-state index contributed by atoms with van der Waals surface area (Å²) in [7, 11) is 0. The van der Waals surface area contributed by atoms with Gasteiger partial charge in [0.05, 0.1) is 13.2 Å². The van der Waals surface area contributed by atoms with E-state index in [9.17, 15) is 24.3 Å². The Morgan fingerprint density at radius 2 is 1.92 bits per heavy atom. The van der Waals surface area contributed by atoms with Crippen molar-refractivity contribution in [3.63, 3.8) is 0 Å². The molecule has 2 heterocycles. The number of halogens is 1. The van der Waals surface area contributed by atoms with E-state index in [-0.39, 0.29) is 11.6 Å². The van der Waals surface area contributed by atoms with Crippen molar-refractivity contribution in [3.05, 3.63) is 11.1 Å². The van der Waals surface area contributed by atoms with Crippen molar-refractivity contribution in [2.24, 2.45) is 11.7 Å². The number of nitrogens with one attached hydrogen (secondary N) is 2. The van der Waals surface area contributed by atoms with Gasteiger partial charge < -0.3 is 36.2 Å². The number of ether oxygens (including phenoxy) is 1. The summed E-state index contributed by atoms with van der Waals surface area (Å²) in [5.41, 5.74) is 5.29. The maximum atomic E-state index is 12.3. The maximum absolute atomic E-state index is 12.3. The number of hydrogen-bond donors (Lipinski definition) is 5. The van der Waals surface area contributed by atoms with E-state index in [0.717, 1.165) is 32.1 Å². The fourth-order valence-corrected chi connectivity index (χ4v) is 4.53. The number of nitrogens with two attached hydrogens (primary N) is 1. The number of thiazole rings is 1. The lowest BCUT2D eigenvalue weighted by atomic mass is 9.97. The Balaban J connectivity index is 1.77. The van der Waals surface area contributed by atoms with Gasteiger partial charge in [-0.3, -0.25) is 9.59 Å². The Labute approximate surface area is 218 Å². The van der Waals surface area contributed by atoms with Crippen LogP contribution in [0.25, 0.3) is 0 Å². The molecule has 0 unspecified atom stereocenters. The highest BCUT2D eigenvalue weighted by molar-refractivity contribution is 7.13. The second-order valence-corrected chi connectivity index (χ2v) is 9.71. The lowest BCUT2D eigenvalue weighted by molar-refractivity contribution is -0.144. The summed E-state index contributed by atoms with van der Waals surface area (Å²) < 4.78 is 4.74. The zero-order valence-corrected chi connectivity index (χ0v) is 21.6. The summed E-state index contributed by atoms with van der Waals surface area (Å²) in [5.74, 6) is -2.01. The molecule has 1 aliphatic heterocycles. The Hall–Kier alpha value is -2.32. The van der Waals surface area contributed by atoms with Gasteiger partial charge in [0.25, 0.3) is 0 Å². The molecule has 1 aromatic heterocycles. The summed E-state index contributed by atoms with van der Waals surface area (Å²) >= 11 is 6.88. The molecule has 12 nitrogen and oxygen atoms in total. The number of carbonyl (C=O) groups is 4. The molecule has 0 radical (unpaired) electrons. The van der Waals surface area contributed by atoms with Gasteiger partial charge in [0.1, 0.15) is 6.04 Å². The molecule has 0 saturated carbocycles. The average molecular weight is 548 g/mol. The number of amides is 2. The van der Waals surface area contributed by atoms with E-state index in [1.54, 1.807) is 0 Å². The molecule has 0 aliphatic carbocycles. The maximum Gasteiger partial charge on any atom is 0.365 e. The first-order valence-electron chi connectivity index (χ1n) is 11.9. The Bertz CT molecular complexity index is 879. The van der Waals surface area contributed by atoms with E-state index in [1.165, 1.54) is 16.7 Å². The van der Waals surface area contributed by atoms with Crippen molar-refractivity contribution < 1.29 is 34.1 Å². The number of aromatic nitrogens is 1. The van der Waals surface area contributed by atoms with Gasteiger partial charge >= 0.3 is 11.9 Å². The minimum atomic E-state index is -1.51. The number of nitrogens with zero attached hydrogens (tertiary/aromatic N) is 2. The number of aliphatic hydroxyl groups is 2. The van der Waals surface area contributed by atoms with Gasteiger partial charge in [-0.25, -0.2) is 14.6 Å². The number of carbonyl (C=O) groups excluding carboxylic acids is 4. The number of unbranched alkanes of at least 4 members (excludes halogenated alkanes) is 2. The molecule has 2 amide bonds. The number of esters is 2. The molecule has 1 fully saturated rings. The first-order valence-corrected chi connectivity index (χ1v) is 13.3. The molecule has 0 spiro atoms. The fraction of sp³-hybridized carbons (Fsp3) is 0.682. The largest absolute Gasteiger partial charge is 0.394 e. The molecule has 6 N–H and O–H groups in total. The lowest BCUT2D eigenvalue weighted by Gasteiger charge is -2.31. The van der Waals surface area contributed by atoms with E-state index in [4.69, 9.17) is 27.2 Å². The summed E-state index contributed by atoms with van der Waals surface area (Å²) in [5, 5.41) is 25.4. The van der Waals surface area contributed by atoms with E-state index in [0.29, 0.717) is 43.0 Å². The van der Waals surface area contributed by atoms with Gasteiger partial charge in [-0.05, 0) is 31.6 Å². The van der Waals surface area contributed by atoms with Crippen LogP contribution in [0.5, 0.6) is 0 Å². The first-order chi connectivity index (χ1) is 17.3. The van der Waals surface area contributed by atoms with Gasteiger partial charge in [-0.2, -0.15) is 0 Å². The second-order valence-electron chi connectivity index (χ2n) is 8.49.